The second-order valence-electron chi connectivity index (χ2n) is 5.79. The molecule has 0 N–H and O–H groups in total. The molecule has 1 aliphatic heterocycles. The number of halogens is 1. The second kappa shape index (κ2) is 5.89. The number of fused-ring (bicyclic) bond motifs is 1. The van der Waals surface area contributed by atoms with Crippen LogP contribution < -0.4 is 4.74 Å². The normalized spacial score (nSPS) is 18.4. The summed E-state index contributed by atoms with van der Waals surface area (Å²) in [6, 6.07) is 3.92. The first-order valence-electron chi connectivity index (χ1n) is 7.78. The van der Waals surface area contributed by atoms with Gasteiger partial charge in [-0.15, -0.1) is 0 Å². The molecule has 0 atom stereocenters. The largest absolute Gasteiger partial charge is 0.439 e. The number of hydrogen-bond donors (Lipinski definition) is 0. The van der Waals surface area contributed by atoms with Crippen LogP contribution in [0.4, 0.5) is 0 Å². The van der Waals surface area contributed by atoms with Crippen LogP contribution in [0, 0.1) is 0 Å². The molecule has 1 aliphatic carbocycles. The highest BCUT2D eigenvalue weighted by Gasteiger charge is 2.28. The van der Waals surface area contributed by atoms with E-state index in [9.17, 15) is 0 Å². The molecule has 1 saturated heterocycles. The Morgan fingerprint density at radius 3 is 2.95 bits per heavy atom. The van der Waals surface area contributed by atoms with Crippen LogP contribution in [0.1, 0.15) is 36.6 Å². The van der Waals surface area contributed by atoms with Gasteiger partial charge in [0.1, 0.15) is 10.9 Å². The zero-order valence-electron chi connectivity index (χ0n) is 12.3. The smallest absolute Gasteiger partial charge is 0.221 e. The van der Waals surface area contributed by atoms with Crippen LogP contribution in [0.25, 0.3) is 0 Å². The maximum absolute atomic E-state index is 6.16. The highest BCUT2D eigenvalue weighted by Crippen LogP contribution is 2.37. The quantitative estimate of drug-likeness (QED) is 0.812. The maximum Gasteiger partial charge on any atom is 0.221 e. The van der Waals surface area contributed by atoms with E-state index in [0.717, 1.165) is 51.2 Å². The number of hydrogen-bond acceptors (Lipinski definition) is 4. The van der Waals surface area contributed by atoms with E-state index in [2.05, 4.69) is 9.67 Å². The Morgan fingerprint density at radius 1 is 1.27 bits per heavy atom. The summed E-state index contributed by atoms with van der Waals surface area (Å²) in [7, 11) is 0. The minimum absolute atomic E-state index is 0.353. The third-order valence-electron chi connectivity index (χ3n) is 4.33. The molecule has 0 amide bonds. The van der Waals surface area contributed by atoms with E-state index in [1.807, 2.05) is 6.07 Å². The van der Waals surface area contributed by atoms with Gasteiger partial charge in [0.15, 0.2) is 0 Å². The average molecular weight is 320 g/mol. The van der Waals surface area contributed by atoms with Crippen molar-refractivity contribution in [1.29, 1.82) is 0 Å². The third kappa shape index (κ3) is 2.59. The van der Waals surface area contributed by atoms with Crippen LogP contribution in [-0.2, 0) is 17.6 Å². The summed E-state index contributed by atoms with van der Waals surface area (Å²) in [5.74, 6) is 1.59. The van der Waals surface area contributed by atoms with Crippen LogP contribution in [0.5, 0.6) is 11.6 Å². The lowest BCUT2D eigenvalue weighted by Crippen LogP contribution is -2.21. The molecule has 2 aliphatic rings. The molecule has 6 heteroatoms. The first-order valence-corrected chi connectivity index (χ1v) is 8.16. The Balaban J connectivity index is 1.70. The molecule has 0 bridgehead atoms. The summed E-state index contributed by atoms with van der Waals surface area (Å²) in [6.07, 6.45) is 6.85. The fourth-order valence-corrected chi connectivity index (χ4v) is 3.39. The second-order valence-corrected chi connectivity index (χ2v) is 6.18. The summed E-state index contributed by atoms with van der Waals surface area (Å²) in [4.78, 5) is 4.00. The van der Waals surface area contributed by atoms with Crippen molar-refractivity contribution < 1.29 is 9.47 Å². The molecule has 2 aromatic heterocycles. The number of pyridine rings is 1. The van der Waals surface area contributed by atoms with Crippen molar-refractivity contribution in [3.63, 3.8) is 0 Å². The van der Waals surface area contributed by atoms with Gasteiger partial charge in [-0.1, -0.05) is 11.6 Å². The molecule has 0 saturated carbocycles. The standard InChI is InChI=1S/C16H18ClN3O2/c17-15-10-12(4-7-18-15)22-16-13-2-1-3-14(13)19-20(16)11-5-8-21-9-6-11/h4,7,10-11H,1-3,5-6,8-9H2. The number of aryl methyl sites for hydroxylation is 1. The molecule has 1 fully saturated rings. The Hall–Kier alpha value is -1.59. The van der Waals surface area contributed by atoms with E-state index >= 15 is 0 Å². The van der Waals surface area contributed by atoms with Gasteiger partial charge in [-0.05, 0) is 38.2 Å². The van der Waals surface area contributed by atoms with E-state index in [1.165, 1.54) is 11.3 Å². The van der Waals surface area contributed by atoms with Crippen molar-refractivity contribution in [2.24, 2.45) is 0 Å². The van der Waals surface area contributed by atoms with Gasteiger partial charge in [0.25, 0.3) is 0 Å². The van der Waals surface area contributed by atoms with Crippen LogP contribution >= 0.6 is 11.6 Å². The molecule has 0 aromatic carbocycles. The van der Waals surface area contributed by atoms with Crippen molar-refractivity contribution in [1.82, 2.24) is 14.8 Å². The number of nitrogens with zero attached hydrogens (tertiary/aromatic N) is 3. The van der Waals surface area contributed by atoms with Crippen LogP contribution in [0.3, 0.4) is 0 Å². The van der Waals surface area contributed by atoms with E-state index in [-0.39, 0.29) is 0 Å². The molecule has 116 valence electrons. The zero-order chi connectivity index (χ0) is 14.9. The lowest BCUT2D eigenvalue weighted by molar-refractivity contribution is 0.0641. The van der Waals surface area contributed by atoms with Crippen molar-refractivity contribution in [3.8, 4) is 11.6 Å². The first kappa shape index (κ1) is 14.0. The van der Waals surface area contributed by atoms with Gasteiger partial charge in [-0.2, -0.15) is 5.10 Å². The molecule has 0 radical (unpaired) electrons. The monoisotopic (exact) mass is 319 g/mol. The molecule has 22 heavy (non-hydrogen) atoms. The SMILES string of the molecule is Clc1cc(Oc2c3c(nn2C2CCOCC2)CCC3)ccn1. The molecular formula is C16H18ClN3O2. The minimum atomic E-state index is 0.353. The number of rotatable bonds is 3. The van der Waals surface area contributed by atoms with Gasteiger partial charge in [-0.3, -0.25) is 0 Å². The van der Waals surface area contributed by atoms with Crippen LogP contribution in [-0.4, -0.2) is 28.0 Å². The van der Waals surface area contributed by atoms with Gasteiger partial charge >= 0.3 is 0 Å². The summed E-state index contributed by atoms with van der Waals surface area (Å²) >= 11 is 5.96. The zero-order valence-corrected chi connectivity index (χ0v) is 13.1. The van der Waals surface area contributed by atoms with Crippen LogP contribution in [0.15, 0.2) is 18.3 Å². The predicted molar refractivity (Wildman–Crippen MR) is 82.7 cm³/mol. The fraction of sp³-hybridized carbons (Fsp3) is 0.500. The molecule has 2 aromatic rings. The maximum atomic E-state index is 6.16. The average Bonchev–Trinajstić information content (AvgIpc) is 3.11. The predicted octanol–water partition coefficient (Wildman–Crippen LogP) is 3.56. The number of aromatic nitrogens is 3. The topological polar surface area (TPSA) is 49.2 Å². The third-order valence-corrected chi connectivity index (χ3v) is 4.54. The van der Waals surface area contributed by atoms with Gasteiger partial charge in [0, 0.05) is 31.0 Å². The summed E-state index contributed by atoms with van der Waals surface area (Å²) in [5, 5.41) is 5.26. The Morgan fingerprint density at radius 2 is 2.14 bits per heavy atom. The van der Waals surface area contributed by atoms with Gasteiger partial charge in [0.05, 0.1) is 11.7 Å². The van der Waals surface area contributed by atoms with Crippen molar-refractivity contribution >= 4 is 11.6 Å². The fourth-order valence-electron chi connectivity index (χ4n) is 3.23. The summed E-state index contributed by atoms with van der Waals surface area (Å²) in [5.41, 5.74) is 2.43. The van der Waals surface area contributed by atoms with Crippen molar-refractivity contribution in [2.45, 2.75) is 38.1 Å². The van der Waals surface area contributed by atoms with Crippen molar-refractivity contribution in [3.05, 3.63) is 34.7 Å². The van der Waals surface area contributed by atoms with E-state index in [0.29, 0.717) is 16.9 Å². The molecule has 4 rings (SSSR count). The van der Waals surface area contributed by atoms with Gasteiger partial charge in [-0.25, -0.2) is 9.67 Å². The molecular weight excluding hydrogens is 302 g/mol. The Bertz CT molecular complexity index is 680. The number of ether oxygens (including phenoxy) is 2. The lowest BCUT2D eigenvalue weighted by Gasteiger charge is -2.24. The molecule has 0 spiro atoms. The van der Waals surface area contributed by atoms with Crippen molar-refractivity contribution in [2.75, 3.05) is 13.2 Å². The minimum Gasteiger partial charge on any atom is -0.439 e. The highest BCUT2D eigenvalue weighted by atomic mass is 35.5. The lowest BCUT2D eigenvalue weighted by atomic mass is 10.1. The first-order chi connectivity index (χ1) is 10.8. The highest BCUT2D eigenvalue weighted by molar-refractivity contribution is 6.29. The van der Waals surface area contributed by atoms with E-state index < -0.39 is 0 Å². The Kier molecular flexibility index (Phi) is 3.76. The molecule has 0 unspecified atom stereocenters. The molecule has 3 heterocycles. The summed E-state index contributed by atoms with van der Waals surface area (Å²) in [6.45, 7) is 1.57. The van der Waals surface area contributed by atoms with Crippen LogP contribution in [0.2, 0.25) is 5.15 Å². The van der Waals surface area contributed by atoms with E-state index in [4.69, 9.17) is 26.2 Å². The summed E-state index contributed by atoms with van der Waals surface area (Å²) < 4.78 is 13.7. The van der Waals surface area contributed by atoms with Gasteiger partial charge < -0.3 is 9.47 Å². The Labute approximate surface area is 134 Å². The molecule has 5 nitrogen and oxygen atoms in total. The van der Waals surface area contributed by atoms with Gasteiger partial charge in [0.2, 0.25) is 5.88 Å². The van der Waals surface area contributed by atoms with E-state index in [1.54, 1.807) is 12.3 Å².